The normalized spacial score (nSPS) is 30.9. The van der Waals surface area contributed by atoms with Crippen molar-refractivity contribution in [3.8, 4) is 6.07 Å². The zero-order chi connectivity index (χ0) is 13.7. The van der Waals surface area contributed by atoms with Gasteiger partial charge in [0.05, 0.1) is 12.2 Å². The van der Waals surface area contributed by atoms with E-state index in [0.29, 0.717) is 0 Å². The topological polar surface area (TPSA) is 62.1 Å². The van der Waals surface area contributed by atoms with Crippen LogP contribution in [0.3, 0.4) is 0 Å². The number of ether oxygens (including phenoxy) is 1. The maximum atomic E-state index is 12.2. The summed E-state index contributed by atoms with van der Waals surface area (Å²) in [4.78, 5) is 12.2. The molecule has 1 saturated carbocycles. The predicted octanol–water partition coefficient (Wildman–Crippen LogP) is 2.68. The SMILES string of the molecule is CC1CCC(C(=O)NC2(C#N)CCCCCCC2)O1. The van der Waals surface area contributed by atoms with Crippen LogP contribution in [0.4, 0.5) is 0 Å². The van der Waals surface area contributed by atoms with Crippen molar-refractivity contribution in [1.82, 2.24) is 5.32 Å². The lowest BCUT2D eigenvalue weighted by molar-refractivity contribution is -0.133. The first-order chi connectivity index (χ1) is 9.15. The van der Waals surface area contributed by atoms with E-state index in [1.54, 1.807) is 0 Å². The summed E-state index contributed by atoms with van der Waals surface area (Å²) in [5.41, 5.74) is -0.660. The van der Waals surface area contributed by atoms with Gasteiger partial charge in [0, 0.05) is 0 Å². The first-order valence-electron chi connectivity index (χ1n) is 7.54. The van der Waals surface area contributed by atoms with Gasteiger partial charge in [-0.05, 0) is 32.6 Å². The molecule has 2 aliphatic rings. The van der Waals surface area contributed by atoms with Crippen molar-refractivity contribution in [3.63, 3.8) is 0 Å². The molecular weight excluding hydrogens is 240 g/mol. The summed E-state index contributed by atoms with van der Waals surface area (Å²) in [6.45, 7) is 1.99. The molecule has 0 aromatic heterocycles. The molecule has 4 nitrogen and oxygen atoms in total. The molecule has 2 rings (SSSR count). The Morgan fingerprint density at radius 3 is 2.37 bits per heavy atom. The van der Waals surface area contributed by atoms with Crippen LogP contribution in [-0.4, -0.2) is 23.7 Å². The van der Waals surface area contributed by atoms with Gasteiger partial charge in [-0.15, -0.1) is 0 Å². The predicted molar refractivity (Wildman–Crippen MR) is 72.4 cm³/mol. The van der Waals surface area contributed by atoms with Crippen molar-refractivity contribution in [2.45, 2.75) is 82.5 Å². The maximum Gasteiger partial charge on any atom is 0.250 e. The molecule has 2 fully saturated rings. The van der Waals surface area contributed by atoms with Gasteiger partial charge >= 0.3 is 0 Å². The van der Waals surface area contributed by atoms with E-state index in [1.807, 2.05) is 6.92 Å². The molecule has 2 atom stereocenters. The largest absolute Gasteiger partial charge is 0.365 e. The van der Waals surface area contributed by atoms with Crippen LogP contribution in [0.15, 0.2) is 0 Å². The Morgan fingerprint density at radius 2 is 1.84 bits per heavy atom. The third kappa shape index (κ3) is 3.70. The van der Waals surface area contributed by atoms with Gasteiger partial charge < -0.3 is 10.1 Å². The third-order valence-corrected chi connectivity index (χ3v) is 4.31. The maximum absolute atomic E-state index is 12.2. The van der Waals surface area contributed by atoms with Crippen LogP contribution in [0.5, 0.6) is 0 Å². The van der Waals surface area contributed by atoms with Crippen molar-refractivity contribution in [1.29, 1.82) is 5.26 Å². The number of nitriles is 1. The van der Waals surface area contributed by atoms with Crippen molar-refractivity contribution in [2.24, 2.45) is 0 Å². The van der Waals surface area contributed by atoms with Crippen molar-refractivity contribution in [3.05, 3.63) is 0 Å². The molecule has 2 unspecified atom stereocenters. The fourth-order valence-electron chi connectivity index (χ4n) is 3.09. The monoisotopic (exact) mass is 264 g/mol. The van der Waals surface area contributed by atoms with Crippen molar-refractivity contribution < 1.29 is 9.53 Å². The fraction of sp³-hybridized carbons (Fsp3) is 0.867. The van der Waals surface area contributed by atoms with Gasteiger partial charge in [-0.3, -0.25) is 4.79 Å². The molecule has 19 heavy (non-hydrogen) atoms. The van der Waals surface area contributed by atoms with E-state index >= 15 is 0 Å². The van der Waals surface area contributed by atoms with Crippen molar-refractivity contribution in [2.75, 3.05) is 0 Å². The van der Waals surface area contributed by atoms with Gasteiger partial charge in [-0.2, -0.15) is 5.26 Å². The van der Waals surface area contributed by atoms with Gasteiger partial charge in [0.15, 0.2) is 0 Å². The summed E-state index contributed by atoms with van der Waals surface area (Å²) in [7, 11) is 0. The highest BCUT2D eigenvalue weighted by Gasteiger charge is 2.36. The van der Waals surface area contributed by atoms with E-state index in [0.717, 1.165) is 51.4 Å². The zero-order valence-electron chi connectivity index (χ0n) is 11.8. The molecule has 0 spiro atoms. The van der Waals surface area contributed by atoms with Crippen LogP contribution < -0.4 is 5.32 Å². The van der Waals surface area contributed by atoms with Gasteiger partial charge in [0.1, 0.15) is 11.6 Å². The Hall–Kier alpha value is -1.08. The highest BCUT2D eigenvalue weighted by atomic mass is 16.5. The molecule has 0 radical (unpaired) electrons. The minimum atomic E-state index is -0.660. The summed E-state index contributed by atoms with van der Waals surface area (Å²) >= 11 is 0. The van der Waals surface area contributed by atoms with E-state index < -0.39 is 5.54 Å². The lowest BCUT2D eigenvalue weighted by atomic mass is 9.85. The number of nitrogens with one attached hydrogen (secondary N) is 1. The van der Waals surface area contributed by atoms with Crippen molar-refractivity contribution >= 4 is 5.91 Å². The lowest BCUT2D eigenvalue weighted by Gasteiger charge is -2.30. The number of hydrogen-bond acceptors (Lipinski definition) is 3. The number of nitrogens with zero attached hydrogens (tertiary/aromatic N) is 1. The Morgan fingerprint density at radius 1 is 1.21 bits per heavy atom. The first-order valence-corrected chi connectivity index (χ1v) is 7.54. The smallest absolute Gasteiger partial charge is 0.250 e. The second-order valence-electron chi connectivity index (χ2n) is 5.96. The average Bonchev–Trinajstić information content (AvgIpc) is 2.80. The highest BCUT2D eigenvalue weighted by Crippen LogP contribution is 2.27. The molecule has 0 aromatic rings. The van der Waals surface area contributed by atoms with Gasteiger partial charge in [-0.25, -0.2) is 0 Å². The quantitative estimate of drug-likeness (QED) is 0.834. The summed E-state index contributed by atoms with van der Waals surface area (Å²) in [5.74, 6) is -0.0912. The molecule has 1 aliphatic carbocycles. The molecule has 4 heteroatoms. The number of carbonyl (C=O) groups is 1. The molecule has 106 valence electrons. The number of rotatable bonds is 2. The van der Waals surface area contributed by atoms with Crippen LogP contribution in [-0.2, 0) is 9.53 Å². The second-order valence-corrected chi connectivity index (χ2v) is 5.96. The van der Waals surface area contributed by atoms with E-state index in [4.69, 9.17) is 4.74 Å². The molecule has 1 saturated heterocycles. The molecule has 1 amide bonds. The molecule has 1 aliphatic heterocycles. The third-order valence-electron chi connectivity index (χ3n) is 4.31. The Labute approximate surface area is 115 Å². The number of amides is 1. The van der Waals surface area contributed by atoms with E-state index in [9.17, 15) is 10.1 Å². The van der Waals surface area contributed by atoms with Crippen LogP contribution in [0.1, 0.15) is 64.7 Å². The Bertz CT molecular complexity index is 354. The summed E-state index contributed by atoms with van der Waals surface area (Å²) in [6.07, 6.45) is 8.68. The van der Waals surface area contributed by atoms with E-state index in [-0.39, 0.29) is 18.1 Å². The molecule has 0 aromatic carbocycles. The lowest BCUT2D eigenvalue weighted by Crippen LogP contribution is -2.51. The Kier molecular flexibility index (Phi) is 4.81. The van der Waals surface area contributed by atoms with E-state index in [2.05, 4.69) is 11.4 Å². The van der Waals surface area contributed by atoms with Gasteiger partial charge in [0.25, 0.3) is 0 Å². The summed E-state index contributed by atoms with van der Waals surface area (Å²) < 4.78 is 5.59. The average molecular weight is 264 g/mol. The van der Waals surface area contributed by atoms with Gasteiger partial charge in [-0.1, -0.05) is 32.1 Å². The van der Waals surface area contributed by atoms with Crippen LogP contribution in [0, 0.1) is 11.3 Å². The molecular formula is C15H24N2O2. The zero-order valence-corrected chi connectivity index (χ0v) is 11.8. The van der Waals surface area contributed by atoms with Crippen LogP contribution in [0.2, 0.25) is 0 Å². The summed E-state index contributed by atoms with van der Waals surface area (Å²) in [6, 6.07) is 2.36. The Balaban J connectivity index is 1.96. The first kappa shape index (κ1) is 14.3. The molecule has 0 bridgehead atoms. The molecule has 1 heterocycles. The van der Waals surface area contributed by atoms with Gasteiger partial charge in [0.2, 0.25) is 5.91 Å². The van der Waals surface area contributed by atoms with E-state index in [1.165, 1.54) is 6.42 Å². The van der Waals surface area contributed by atoms with Crippen LogP contribution >= 0.6 is 0 Å². The van der Waals surface area contributed by atoms with Crippen LogP contribution in [0.25, 0.3) is 0 Å². The molecule has 1 N–H and O–H groups in total. The fourth-order valence-corrected chi connectivity index (χ4v) is 3.09. The highest BCUT2D eigenvalue weighted by molar-refractivity contribution is 5.82. The number of hydrogen-bond donors (Lipinski definition) is 1. The minimum Gasteiger partial charge on any atom is -0.365 e. The standard InChI is InChI=1S/C15H24N2O2/c1-12-7-8-13(19-12)14(18)17-15(11-16)9-5-3-2-4-6-10-15/h12-13H,2-10H2,1H3,(H,17,18). The minimum absolute atomic E-state index is 0.0912. The summed E-state index contributed by atoms with van der Waals surface area (Å²) in [5, 5.41) is 12.5. The number of carbonyl (C=O) groups excluding carboxylic acids is 1. The second kappa shape index (κ2) is 6.38.